The lowest BCUT2D eigenvalue weighted by molar-refractivity contribution is 0.338. The standard InChI is InChI=1S/C10H19N3/c1-10(2,3)8-13-7-6-12-9(13)4-5-11/h6-7H,4-5,8,11H2,1-3H3. The number of hydrogen-bond donors (Lipinski definition) is 1. The van der Waals surface area contributed by atoms with E-state index < -0.39 is 0 Å². The zero-order valence-electron chi connectivity index (χ0n) is 8.75. The maximum absolute atomic E-state index is 5.50. The van der Waals surface area contributed by atoms with Crippen LogP contribution in [0.15, 0.2) is 12.4 Å². The zero-order chi connectivity index (χ0) is 9.90. The van der Waals surface area contributed by atoms with Crippen molar-refractivity contribution >= 4 is 0 Å². The lowest BCUT2D eigenvalue weighted by atomic mass is 9.97. The summed E-state index contributed by atoms with van der Waals surface area (Å²) >= 11 is 0. The first kappa shape index (κ1) is 10.3. The highest BCUT2D eigenvalue weighted by atomic mass is 15.1. The number of nitrogens with zero attached hydrogens (tertiary/aromatic N) is 2. The second-order valence-corrected chi connectivity index (χ2v) is 4.57. The lowest BCUT2D eigenvalue weighted by Gasteiger charge is -2.20. The fraction of sp³-hybridized carbons (Fsp3) is 0.700. The second kappa shape index (κ2) is 3.92. The van der Waals surface area contributed by atoms with Crippen molar-refractivity contribution in [1.82, 2.24) is 9.55 Å². The summed E-state index contributed by atoms with van der Waals surface area (Å²) in [6.07, 6.45) is 4.73. The fourth-order valence-electron chi connectivity index (χ4n) is 1.35. The van der Waals surface area contributed by atoms with Crippen LogP contribution in [0, 0.1) is 5.41 Å². The van der Waals surface area contributed by atoms with Crippen LogP contribution in [0.1, 0.15) is 26.6 Å². The molecule has 2 N–H and O–H groups in total. The number of aromatic nitrogens is 2. The highest BCUT2D eigenvalue weighted by Gasteiger charge is 2.12. The Balaban J connectivity index is 2.70. The van der Waals surface area contributed by atoms with Crippen LogP contribution in [0.3, 0.4) is 0 Å². The molecule has 13 heavy (non-hydrogen) atoms. The number of hydrogen-bond acceptors (Lipinski definition) is 2. The van der Waals surface area contributed by atoms with Crippen LogP contribution >= 0.6 is 0 Å². The fourth-order valence-corrected chi connectivity index (χ4v) is 1.35. The lowest BCUT2D eigenvalue weighted by Crippen LogP contribution is -2.18. The SMILES string of the molecule is CC(C)(C)Cn1ccnc1CCN. The Morgan fingerprint density at radius 3 is 2.69 bits per heavy atom. The van der Waals surface area contributed by atoms with Crippen LogP contribution in [-0.2, 0) is 13.0 Å². The summed E-state index contributed by atoms with van der Waals surface area (Å²) in [4.78, 5) is 4.27. The van der Waals surface area contributed by atoms with Gasteiger partial charge < -0.3 is 10.3 Å². The van der Waals surface area contributed by atoms with Gasteiger partial charge in [0.25, 0.3) is 0 Å². The van der Waals surface area contributed by atoms with Crippen LogP contribution in [0.2, 0.25) is 0 Å². The number of nitrogens with two attached hydrogens (primary N) is 1. The topological polar surface area (TPSA) is 43.8 Å². The highest BCUT2D eigenvalue weighted by molar-refractivity contribution is 4.93. The minimum Gasteiger partial charge on any atom is -0.334 e. The van der Waals surface area contributed by atoms with Gasteiger partial charge in [0.15, 0.2) is 0 Å². The molecule has 3 heteroatoms. The Kier molecular flexibility index (Phi) is 3.09. The van der Waals surface area contributed by atoms with E-state index in [4.69, 9.17) is 5.73 Å². The first-order valence-corrected chi connectivity index (χ1v) is 4.73. The third kappa shape index (κ3) is 3.19. The Bertz CT molecular complexity index is 257. The van der Waals surface area contributed by atoms with E-state index in [-0.39, 0.29) is 0 Å². The van der Waals surface area contributed by atoms with E-state index in [2.05, 4.69) is 30.3 Å². The van der Waals surface area contributed by atoms with Crippen LogP contribution in [0.5, 0.6) is 0 Å². The molecule has 0 atom stereocenters. The molecule has 0 aliphatic carbocycles. The maximum atomic E-state index is 5.50. The summed E-state index contributed by atoms with van der Waals surface area (Å²) in [7, 11) is 0. The van der Waals surface area contributed by atoms with Gasteiger partial charge in [-0.2, -0.15) is 0 Å². The molecule has 0 bridgehead atoms. The molecular weight excluding hydrogens is 162 g/mol. The van der Waals surface area contributed by atoms with Gasteiger partial charge in [0, 0.05) is 25.4 Å². The number of imidazole rings is 1. The van der Waals surface area contributed by atoms with Crippen LogP contribution in [0.4, 0.5) is 0 Å². The van der Waals surface area contributed by atoms with Crippen molar-refractivity contribution in [2.45, 2.75) is 33.7 Å². The minimum atomic E-state index is 0.296. The Morgan fingerprint density at radius 1 is 1.46 bits per heavy atom. The van der Waals surface area contributed by atoms with E-state index in [1.807, 2.05) is 12.4 Å². The molecule has 1 aromatic rings. The van der Waals surface area contributed by atoms with Crippen molar-refractivity contribution in [3.05, 3.63) is 18.2 Å². The normalized spacial score (nSPS) is 12.0. The summed E-state index contributed by atoms with van der Waals surface area (Å²) in [5, 5.41) is 0. The smallest absolute Gasteiger partial charge is 0.109 e. The third-order valence-electron chi connectivity index (χ3n) is 1.81. The van der Waals surface area contributed by atoms with Crippen molar-refractivity contribution in [1.29, 1.82) is 0 Å². The molecule has 0 radical (unpaired) electrons. The highest BCUT2D eigenvalue weighted by Crippen LogP contribution is 2.17. The van der Waals surface area contributed by atoms with E-state index in [9.17, 15) is 0 Å². The quantitative estimate of drug-likeness (QED) is 0.766. The molecule has 0 unspecified atom stereocenters. The molecule has 0 aromatic carbocycles. The van der Waals surface area contributed by atoms with Gasteiger partial charge in [0.1, 0.15) is 5.82 Å². The van der Waals surface area contributed by atoms with E-state index in [1.54, 1.807) is 0 Å². The molecule has 0 fully saturated rings. The molecule has 0 saturated carbocycles. The third-order valence-corrected chi connectivity index (χ3v) is 1.81. The Morgan fingerprint density at radius 2 is 2.15 bits per heavy atom. The summed E-state index contributed by atoms with van der Waals surface area (Å²) < 4.78 is 2.19. The summed E-state index contributed by atoms with van der Waals surface area (Å²) in [5.41, 5.74) is 5.79. The molecule has 1 heterocycles. The first-order valence-electron chi connectivity index (χ1n) is 4.73. The molecule has 74 valence electrons. The van der Waals surface area contributed by atoms with Crippen molar-refractivity contribution in [3.63, 3.8) is 0 Å². The molecule has 1 rings (SSSR count). The van der Waals surface area contributed by atoms with Crippen molar-refractivity contribution in [2.24, 2.45) is 11.1 Å². The van der Waals surface area contributed by atoms with Gasteiger partial charge in [-0.1, -0.05) is 20.8 Å². The largest absolute Gasteiger partial charge is 0.334 e. The van der Waals surface area contributed by atoms with Crippen molar-refractivity contribution in [3.8, 4) is 0 Å². The Labute approximate surface area is 80.0 Å². The van der Waals surface area contributed by atoms with Crippen LogP contribution < -0.4 is 5.73 Å². The zero-order valence-corrected chi connectivity index (χ0v) is 8.75. The predicted octanol–water partition coefficient (Wildman–Crippen LogP) is 1.43. The average Bonchev–Trinajstić information content (AvgIpc) is 2.34. The average molecular weight is 181 g/mol. The van der Waals surface area contributed by atoms with Gasteiger partial charge in [-0.25, -0.2) is 4.98 Å². The monoisotopic (exact) mass is 181 g/mol. The summed E-state index contributed by atoms with van der Waals surface area (Å²) in [6.45, 7) is 8.33. The van der Waals surface area contributed by atoms with Gasteiger partial charge in [0.05, 0.1) is 0 Å². The van der Waals surface area contributed by atoms with E-state index in [0.717, 1.165) is 18.8 Å². The summed E-state index contributed by atoms with van der Waals surface area (Å²) in [5.74, 6) is 1.09. The Hall–Kier alpha value is -0.830. The second-order valence-electron chi connectivity index (χ2n) is 4.57. The van der Waals surface area contributed by atoms with Gasteiger partial charge >= 0.3 is 0 Å². The van der Waals surface area contributed by atoms with E-state index in [1.165, 1.54) is 0 Å². The predicted molar refractivity (Wildman–Crippen MR) is 54.4 cm³/mol. The first-order chi connectivity index (χ1) is 6.03. The molecule has 0 aliphatic rings. The van der Waals surface area contributed by atoms with Crippen LogP contribution in [0.25, 0.3) is 0 Å². The maximum Gasteiger partial charge on any atom is 0.109 e. The molecule has 0 aliphatic heterocycles. The van der Waals surface area contributed by atoms with E-state index >= 15 is 0 Å². The van der Waals surface area contributed by atoms with Crippen molar-refractivity contribution in [2.75, 3.05) is 6.54 Å². The molecule has 1 aromatic heterocycles. The van der Waals surface area contributed by atoms with Crippen LogP contribution in [-0.4, -0.2) is 16.1 Å². The van der Waals surface area contributed by atoms with Crippen molar-refractivity contribution < 1.29 is 0 Å². The molecular formula is C10H19N3. The van der Waals surface area contributed by atoms with Gasteiger partial charge in [-0.3, -0.25) is 0 Å². The van der Waals surface area contributed by atoms with Gasteiger partial charge in [0.2, 0.25) is 0 Å². The van der Waals surface area contributed by atoms with Gasteiger partial charge in [-0.15, -0.1) is 0 Å². The molecule has 3 nitrogen and oxygen atoms in total. The minimum absolute atomic E-state index is 0.296. The van der Waals surface area contributed by atoms with Gasteiger partial charge in [-0.05, 0) is 12.0 Å². The number of rotatable bonds is 3. The molecule has 0 amide bonds. The molecule has 0 spiro atoms. The summed E-state index contributed by atoms with van der Waals surface area (Å²) in [6, 6.07) is 0. The molecule has 0 saturated heterocycles. The van der Waals surface area contributed by atoms with E-state index in [0.29, 0.717) is 12.0 Å².